The number of hydrogen-bond acceptors (Lipinski definition) is 4. The fourth-order valence-electron chi connectivity index (χ4n) is 1.44. The van der Waals surface area contributed by atoms with Crippen LogP contribution in [0.1, 0.15) is 36.7 Å². The minimum atomic E-state index is -1.13. The molecule has 2 rings (SSSR count). The summed E-state index contributed by atoms with van der Waals surface area (Å²) in [6, 6.07) is 1.30. The first kappa shape index (κ1) is 9.05. The molecule has 1 aliphatic rings. The number of hydrogen-bond donors (Lipinski definition) is 1. The standard InChI is InChI=1S/C9H11NO4/c1-9(3-2-4-9)13-7-5-6(8(11)12)14-10-7/h5H,2-4H2,1H3,(H,11,12). The van der Waals surface area contributed by atoms with Gasteiger partial charge in [-0.25, -0.2) is 4.79 Å². The Morgan fingerprint density at radius 2 is 2.43 bits per heavy atom. The lowest BCUT2D eigenvalue weighted by Crippen LogP contribution is -2.39. The van der Waals surface area contributed by atoms with Gasteiger partial charge in [0.1, 0.15) is 5.60 Å². The molecule has 0 aliphatic heterocycles. The molecule has 1 N–H and O–H groups in total. The van der Waals surface area contributed by atoms with Gasteiger partial charge in [0.15, 0.2) is 0 Å². The summed E-state index contributed by atoms with van der Waals surface area (Å²) in [6.07, 6.45) is 3.09. The van der Waals surface area contributed by atoms with Crippen molar-refractivity contribution in [3.05, 3.63) is 11.8 Å². The van der Waals surface area contributed by atoms with Crippen LogP contribution in [0, 0.1) is 0 Å². The zero-order valence-corrected chi connectivity index (χ0v) is 7.82. The van der Waals surface area contributed by atoms with E-state index in [9.17, 15) is 4.79 Å². The van der Waals surface area contributed by atoms with E-state index in [-0.39, 0.29) is 17.2 Å². The van der Waals surface area contributed by atoms with E-state index in [0.717, 1.165) is 19.3 Å². The predicted octanol–water partition coefficient (Wildman–Crippen LogP) is 1.69. The third-order valence-electron chi connectivity index (χ3n) is 2.46. The molecule has 0 amide bonds. The van der Waals surface area contributed by atoms with Gasteiger partial charge in [0.05, 0.1) is 6.07 Å². The Bertz CT molecular complexity index is 353. The summed E-state index contributed by atoms with van der Waals surface area (Å²) in [5.74, 6) is -1.07. The van der Waals surface area contributed by atoms with E-state index in [1.807, 2.05) is 6.92 Å². The summed E-state index contributed by atoms with van der Waals surface area (Å²) < 4.78 is 10.1. The molecule has 0 spiro atoms. The monoisotopic (exact) mass is 197 g/mol. The van der Waals surface area contributed by atoms with E-state index in [1.54, 1.807) is 0 Å². The summed E-state index contributed by atoms with van der Waals surface area (Å²) in [5.41, 5.74) is -0.188. The first-order valence-electron chi connectivity index (χ1n) is 4.48. The molecule has 0 saturated heterocycles. The molecule has 1 heterocycles. The number of rotatable bonds is 3. The lowest BCUT2D eigenvalue weighted by Gasteiger charge is -2.37. The highest BCUT2D eigenvalue weighted by Gasteiger charge is 2.35. The van der Waals surface area contributed by atoms with Crippen molar-refractivity contribution in [3.8, 4) is 5.88 Å². The maximum absolute atomic E-state index is 10.5. The molecule has 14 heavy (non-hydrogen) atoms. The second-order valence-electron chi connectivity index (χ2n) is 3.74. The van der Waals surface area contributed by atoms with Gasteiger partial charge in [-0.1, -0.05) is 0 Å². The second-order valence-corrected chi connectivity index (χ2v) is 3.74. The lowest BCUT2D eigenvalue weighted by atomic mass is 9.82. The molecule has 1 saturated carbocycles. The summed E-state index contributed by atoms with van der Waals surface area (Å²) in [5, 5.41) is 12.1. The normalized spacial score (nSPS) is 18.6. The second kappa shape index (κ2) is 3.01. The lowest BCUT2D eigenvalue weighted by molar-refractivity contribution is 0.00448. The highest BCUT2D eigenvalue weighted by atomic mass is 16.6. The van der Waals surface area contributed by atoms with Crippen LogP contribution in [0.3, 0.4) is 0 Å². The van der Waals surface area contributed by atoms with Gasteiger partial charge in [-0.3, -0.25) is 0 Å². The van der Waals surface area contributed by atoms with E-state index < -0.39 is 5.97 Å². The SMILES string of the molecule is CC1(Oc2cc(C(=O)O)on2)CCC1. The maximum Gasteiger partial charge on any atom is 0.374 e. The van der Waals surface area contributed by atoms with Crippen LogP contribution in [0.25, 0.3) is 0 Å². The number of carbonyl (C=O) groups is 1. The summed E-state index contributed by atoms with van der Waals surface area (Å²) in [7, 11) is 0. The first-order valence-corrected chi connectivity index (χ1v) is 4.48. The quantitative estimate of drug-likeness (QED) is 0.798. The molecule has 1 aliphatic carbocycles. The highest BCUT2D eigenvalue weighted by molar-refractivity contribution is 5.84. The van der Waals surface area contributed by atoms with Crippen molar-refractivity contribution < 1.29 is 19.2 Å². The number of aromatic nitrogens is 1. The number of aromatic carboxylic acids is 1. The summed E-state index contributed by atoms with van der Waals surface area (Å²) >= 11 is 0. The smallest absolute Gasteiger partial charge is 0.374 e. The fourth-order valence-corrected chi connectivity index (χ4v) is 1.44. The van der Waals surface area contributed by atoms with E-state index in [2.05, 4.69) is 9.68 Å². The Labute approximate surface area is 80.6 Å². The van der Waals surface area contributed by atoms with Gasteiger partial charge < -0.3 is 14.4 Å². The number of nitrogens with zero attached hydrogens (tertiary/aromatic N) is 1. The van der Waals surface area contributed by atoms with Gasteiger partial charge in [-0.2, -0.15) is 0 Å². The van der Waals surface area contributed by atoms with Crippen molar-refractivity contribution in [2.45, 2.75) is 31.8 Å². The average Bonchev–Trinajstić information content (AvgIpc) is 2.50. The molecule has 0 unspecified atom stereocenters. The zero-order chi connectivity index (χ0) is 10.2. The minimum Gasteiger partial charge on any atom is -0.475 e. The van der Waals surface area contributed by atoms with Crippen molar-refractivity contribution in [1.29, 1.82) is 0 Å². The fraction of sp³-hybridized carbons (Fsp3) is 0.556. The van der Waals surface area contributed by atoms with Gasteiger partial charge in [-0.05, 0) is 31.3 Å². The highest BCUT2D eigenvalue weighted by Crippen LogP contribution is 2.35. The van der Waals surface area contributed by atoms with Crippen molar-refractivity contribution in [2.75, 3.05) is 0 Å². The maximum atomic E-state index is 10.5. The molecule has 0 aromatic carbocycles. The van der Waals surface area contributed by atoms with Gasteiger partial charge in [0.25, 0.3) is 5.88 Å². The molecule has 0 bridgehead atoms. The molecule has 5 nitrogen and oxygen atoms in total. The molecule has 0 radical (unpaired) electrons. The van der Waals surface area contributed by atoms with Gasteiger partial charge >= 0.3 is 5.97 Å². The van der Waals surface area contributed by atoms with Gasteiger partial charge in [-0.15, -0.1) is 0 Å². The molecular weight excluding hydrogens is 186 g/mol. The average molecular weight is 197 g/mol. The zero-order valence-electron chi connectivity index (χ0n) is 7.82. The molecule has 76 valence electrons. The summed E-state index contributed by atoms with van der Waals surface area (Å²) in [4.78, 5) is 10.5. The van der Waals surface area contributed by atoms with Crippen LogP contribution >= 0.6 is 0 Å². The van der Waals surface area contributed by atoms with E-state index in [4.69, 9.17) is 9.84 Å². The van der Waals surface area contributed by atoms with Crippen LogP contribution in [-0.4, -0.2) is 21.8 Å². The van der Waals surface area contributed by atoms with Crippen LogP contribution in [0.4, 0.5) is 0 Å². The van der Waals surface area contributed by atoms with Crippen LogP contribution in [0.15, 0.2) is 10.6 Å². The third kappa shape index (κ3) is 1.57. The van der Waals surface area contributed by atoms with Gasteiger partial charge in [0.2, 0.25) is 5.76 Å². The Kier molecular flexibility index (Phi) is 1.94. The topological polar surface area (TPSA) is 72.6 Å². The van der Waals surface area contributed by atoms with Crippen molar-refractivity contribution in [3.63, 3.8) is 0 Å². The Morgan fingerprint density at radius 3 is 2.86 bits per heavy atom. The van der Waals surface area contributed by atoms with Crippen LogP contribution in [-0.2, 0) is 0 Å². The van der Waals surface area contributed by atoms with Crippen LogP contribution in [0.2, 0.25) is 0 Å². The van der Waals surface area contributed by atoms with Gasteiger partial charge in [0, 0.05) is 0 Å². The Balaban J connectivity index is 2.06. The number of carboxylic acid groups (broad SMARTS) is 1. The van der Waals surface area contributed by atoms with Crippen molar-refractivity contribution in [1.82, 2.24) is 5.16 Å². The largest absolute Gasteiger partial charge is 0.475 e. The van der Waals surface area contributed by atoms with Crippen molar-refractivity contribution >= 4 is 5.97 Å². The molecule has 0 atom stereocenters. The predicted molar refractivity (Wildman–Crippen MR) is 46.3 cm³/mol. The van der Waals surface area contributed by atoms with E-state index in [0.29, 0.717) is 0 Å². The molecule has 1 fully saturated rings. The summed E-state index contributed by atoms with van der Waals surface area (Å²) in [6.45, 7) is 1.98. The Morgan fingerprint density at radius 1 is 1.71 bits per heavy atom. The Hall–Kier alpha value is -1.52. The van der Waals surface area contributed by atoms with E-state index >= 15 is 0 Å². The molecule has 1 aromatic heterocycles. The minimum absolute atomic E-state index is 0.188. The van der Waals surface area contributed by atoms with Crippen molar-refractivity contribution in [2.24, 2.45) is 0 Å². The molecular formula is C9H11NO4. The van der Waals surface area contributed by atoms with Crippen LogP contribution < -0.4 is 4.74 Å². The third-order valence-corrected chi connectivity index (χ3v) is 2.46. The first-order chi connectivity index (χ1) is 6.59. The van der Waals surface area contributed by atoms with Crippen LogP contribution in [0.5, 0.6) is 5.88 Å². The number of carboxylic acids is 1. The van der Waals surface area contributed by atoms with E-state index in [1.165, 1.54) is 6.07 Å². The number of ether oxygens (including phenoxy) is 1. The molecule has 1 aromatic rings. The molecule has 5 heteroatoms.